The minimum absolute atomic E-state index is 0.0762. The normalized spacial score (nSPS) is 10.6. The number of carbonyl (C=O) groups excluding carboxylic acids is 1. The lowest BCUT2D eigenvalue weighted by molar-refractivity contribution is -0.113. The van der Waals surface area contributed by atoms with E-state index in [1.165, 1.54) is 12.3 Å². The summed E-state index contributed by atoms with van der Waals surface area (Å²) in [6.07, 6.45) is 1.39. The summed E-state index contributed by atoms with van der Waals surface area (Å²) in [7, 11) is 0. The third kappa shape index (κ3) is 4.07. The average molecular weight is 334 g/mol. The van der Waals surface area contributed by atoms with Gasteiger partial charge < -0.3 is 15.5 Å². The summed E-state index contributed by atoms with van der Waals surface area (Å²) in [6.45, 7) is 0.157. The number of thioether (sulfide) groups is 1. The summed E-state index contributed by atoms with van der Waals surface area (Å²) in [4.78, 5) is 15.6. The summed E-state index contributed by atoms with van der Waals surface area (Å²) < 4.78 is 5.15. The molecule has 0 bridgehead atoms. The van der Waals surface area contributed by atoms with E-state index in [-0.39, 0.29) is 34.3 Å². The number of anilines is 1. The Morgan fingerprint density at radius 3 is 2.90 bits per heavy atom. The van der Waals surface area contributed by atoms with Gasteiger partial charge in [-0.1, -0.05) is 35.0 Å². The molecule has 2 aromatic rings. The van der Waals surface area contributed by atoms with Crippen molar-refractivity contribution in [3.8, 4) is 0 Å². The number of halogens is 2. The van der Waals surface area contributed by atoms with Crippen LogP contribution in [0.25, 0.3) is 0 Å². The predicted octanol–water partition coefficient (Wildman–Crippen LogP) is 1.96. The molecule has 0 spiro atoms. The molecule has 0 aliphatic rings. The Morgan fingerprint density at radius 2 is 2.25 bits per heavy atom. The fraction of sp³-hybridized carbons (Fsp3) is 0.200. The highest BCUT2D eigenvalue weighted by molar-refractivity contribution is 7.99. The standard InChI is InChI=1S/C10H9Cl2N5O2S/c11-5-1-6(12)9(14-3-5)15-7(18)4-20-10-17-16-8(2-13)19-10/h1,3H,2,4,13H2,(H,14,15,18). The molecule has 0 aromatic carbocycles. The number of aromatic nitrogens is 3. The lowest BCUT2D eigenvalue weighted by Crippen LogP contribution is -2.15. The summed E-state index contributed by atoms with van der Waals surface area (Å²) in [5, 5.41) is 10.9. The van der Waals surface area contributed by atoms with Gasteiger partial charge in [0.1, 0.15) is 0 Å². The quantitative estimate of drug-likeness (QED) is 0.805. The molecule has 106 valence electrons. The van der Waals surface area contributed by atoms with E-state index in [0.717, 1.165) is 11.8 Å². The molecule has 0 fully saturated rings. The number of hydrogen-bond acceptors (Lipinski definition) is 7. The number of amides is 1. The molecule has 2 heterocycles. The van der Waals surface area contributed by atoms with Crippen LogP contribution in [0.4, 0.5) is 5.82 Å². The average Bonchev–Trinajstić information content (AvgIpc) is 2.88. The number of nitrogens with two attached hydrogens (primary N) is 1. The lowest BCUT2D eigenvalue weighted by atomic mass is 10.4. The van der Waals surface area contributed by atoms with E-state index in [1.54, 1.807) is 0 Å². The molecule has 0 saturated heterocycles. The highest BCUT2D eigenvalue weighted by atomic mass is 35.5. The zero-order chi connectivity index (χ0) is 14.5. The van der Waals surface area contributed by atoms with Gasteiger partial charge in [-0.25, -0.2) is 4.98 Å². The summed E-state index contributed by atoms with van der Waals surface area (Å²) >= 11 is 12.7. The first-order valence-corrected chi connectivity index (χ1v) is 7.09. The van der Waals surface area contributed by atoms with Gasteiger partial charge in [0.05, 0.1) is 22.3 Å². The Bertz CT molecular complexity index is 621. The molecule has 0 unspecified atom stereocenters. The second kappa shape index (κ2) is 6.89. The van der Waals surface area contributed by atoms with E-state index in [9.17, 15) is 4.79 Å². The first-order valence-electron chi connectivity index (χ1n) is 5.34. The molecule has 3 N–H and O–H groups in total. The zero-order valence-corrected chi connectivity index (χ0v) is 12.3. The smallest absolute Gasteiger partial charge is 0.277 e. The molecular formula is C10H9Cl2N5O2S. The van der Waals surface area contributed by atoms with Gasteiger partial charge in [0.15, 0.2) is 5.82 Å². The summed E-state index contributed by atoms with van der Waals surface area (Å²) in [5.74, 6) is 0.330. The van der Waals surface area contributed by atoms with Crippen LogP contribution in [0.3, 0.4) is 0 Å². The van der Waals surface area contributed by atoms with Gasteiger partial charge >= 0.3 is 0 Å². The van der Waals surface area contributed by atoms with Crippen molar-refractivity contribution >= 4 is 46.7 Å². The minimum atomic E-state index is -0.306. The van der Waals surface area contributed by atoms with E-state index in [4.69, 9.17) is 33.4 Å². The number of rotatable bonds is 5. The lowest BCUT2D eigenvalue weighted by Gasteiger charge is -2.05. The number of nitrogens with zero attached hydrogens (tertiary/aromatic N) is 3. The number of carbonyl (C=O) groups is 1. The van der Waals surface area contributed by atoms with Gasteiger partial charge in [0.25, 0.3) is 5.22 Å². The maximum atomic E-state index is 11.7. The Morgan fingerprint density at radius 1 is 1.45 bits per heavy atom. The van der Waals surface area contributed by atoms with E-state index in [1.807, 2.05) is 0 Å². The molecule has 1 amide bonds. The van der Waals surface area contributed by atoms with Gasteiger partial charge in [0, 0.05) is 6.20 Å². The van der Waals surface area contributed by atoms with Crippen molar-refractivity contribution < 1.29 is 9.21 Å². The van der Waals surface area contributed by atoms with E-state index < -0.39 is 0 Å². The number of pyridine rings is 1. The monoisotopic (exact) mass is 333 g/mol. The second-order valence-electron chi connectivity index (χ2n) is 3.49. The van der Waals surface area contributed by atoms with Crippen LogP contribution < -0.4 is 11.1 Å². The van der Waals surface area contributed by atoms with Crippen molar-refractivity contribution in [1.29, 1.82) is 0 Å². The topological polar surface area (TPSA) is 107 Å². The predicted molar refractivity (Wildman–Crippen MR) is 75.8 cm³/mol. The highest BCUT2D eigenvalue weighted by Gasteiger charge is 2.11. The van der Waals surface area contributed by atoms with Crippen LogP contribution in [0.2, 0.25) is 10.0 Å². The molecule has 2 aromatic heterocycles. The van der Waals surface area contributed by atoms with Crippen molar-refractivity contribution in [3.63, 3.8) is 0 Å². The Balaban J connectivity index is 1.89. The van der Waals surface area contributed by atoms with Gasteiger partial charge in [-0.2, -0.15) is 0 Å². The Kier molecular flexibility index (Phi) is 5.18. The fourth-order valence-electron chi connectivity index (χ4n) is 1.18. The van der Waals surface area contributed by atoms with Gasteiger partial charge in [-0.3, -0.25) is 4.79 Å². The summed E-state index contributed by atoms with van der Waals surface area (Å²) in [5.41, 5.74) is 5.33. The Labute approximate surface area is 128 Å². The minimum Gasteiger partial charge on any atom is -0.415 e. The molecule has 0 aliphatic carbocycles. The molecule has 0 atom stereocenters. The maximum Gasteiger partial charge on any atom is 0.277 e. The van der Waals surface area contributed by atoms with Crippen molar-refractivity contribution in [1.82, 2.24) is 15.2 Å². The molecule has 2 rings (SSSR count). The molecule has 0 radical (unpaired) electrons. The third-order valence-electron chi connectivity index (χ3n) is 2.02. The zero-order valence-electron chi connectivity index (χ0n) is 9.97. The van der Waals surface area contributed by atoms with Gasteiger partial charge in [-0.15, -0.1) is 10.2 Å². The fourth-order valence-corrected chi connectivity index (χ4v) is 2.19. The van der Waals surface area contributed by atoms with Crippen molar-refractivity contribution in [2.45, 2.75) is 11.8 Å². The van der Waals surface area contributed by atoms with Gasteiger partial charge in [-0.05, 0) is 6.07 Å². The van der Waals surface area contributed by atoms with Crippen molar-refractivity contribution in [2.24, 2.45) is 5.73 Å². The molecule has 0 saturated carbocycles. The first kappa shape index (κ1) is 15.0. The van der Waals surface area contributed by atoms with Crippen LogP contribution in [-0.4, -0.2) is 26.8 Å². The molecule has 20 heavy (non-hydrogen) atoms. The van der Waals surface area contributed by atoms with Crippen LogP contribution in [0, 0.1) is 0 Å². The number of hydrogen-bond donors (Lipinski definition) is 2. The highest BCUT2D eigenvalue weighted by Crippen LogP contribution is 2.23. The van der Waals surface area contributed by atoms with Crippen LogP contribution in [-0.2, 0) is 11.3 Å². The molecule has 10 heteroatoms. The first-order chi connectivity index (χ1) is 9.58. The van der Waals surface area contributed by atoms with Crippen LogP contribution in [0.5, 0.6) is 0 Å². The molecule has 0 aliphatic heterocycles. The van der Waals surface area contributed by atoms with Crippen LogP contribution in [0.15, 0.2) is 21.9 Å². The third-order valence-corrected chi connectivity index (χ3v) is 3.33. The van der Waals surface area contributed by atoms with Crippen LogP contribution in [0.1, 0.15) is 5.89 Å². The van der Waals surface area contributed by atoms with E-state index >= 15 is 0 Å². The van der Waals surface area contributed by atoms with Crippen molar-refractivity contribution in [2.75, 3.05) is 11.1 Å². The van der Waals surface area contributed by atoms with E-state index in [2.05, 4.69) is 20.5 Å². The molecule has 7 nitrogen and oxygen atoms in total. The summed E-state index contributed by atoms with van der Waals surface area (Å²) in [6, 6.07) is 1.49. The Hall–Kier alpha value is -1.35. The molecular weight excluding hydrogens is 325 g/mol. The largest absolute Gasteiger partial charge is 0.415 e. The van der Waals surface area contributed by atoms with Gasteiger partial charge in [0.2, 0.25) is 11.8 Å². The van der Waals surface area contributed by atoms with Crippen LogP contribution >= 0.6 is 35.0 Å². The SMILES string of the molecule is NCc1nnc(SCC(=O)Nc2ncc(Cl)cc2Cl)o1. The number of nitrogens with one attached hydrogen (secondary N) is 1. The van der Waals surface area contributed by atoms with Crippen molar-refractivity contribution in [3.05, 3.63) is 28.2 Å². The van der Waals surface area contributed by atoms with E-state index in [0.29, 0.717) is 10.9 Å². The second-order valence-corrected chi connectivity index (χ2v) is 5.26. The maximum absolute atomic E-state index is 11.7.